The summed E-state index contributed by atoms with van der Waals surface area (Å²) < 4.78 is 26.5. The van der Waals surface area contributed by atoms with Crippen molar-refractivity contribution in [1.29, 1.82) is 0 Å². The number of amides is 2. The first-order chi connectivity index (χ1) is 17.7. The number of sulfonamides is 1. The van der Waals surface area contributed by atoms with Crippen molar-refractivity contribution in [2.24, 2.45) is 5.92 Å². The standard InChI is InChI=1S/C28H39Cl2N3O4S/c1-7-26(28(35)31-17-19(2)3)32(18-22-11-12-23(29)16-25(22)30)27(34)9-8-14-33(38(6,36)37)24-13-10-20(4)21(5)15-24/h10-13,15-16,19,26H,7-9,14,17-18H2,1-6H3,(H,31,35)/t26-/m0/s1. The smallest absolute Gasteiger partial charge is 0.242 e. The van der Waals surface area contributed by atoms with Gasteiger partial charge in [0.25, 0.3) is 0 Å². The zero-order chi connectivity index (χ0) is 28.6. The Kier molecular flexibility index (Phi) is 11.9. The van der Waals surface area contributed by atoms with Crippen molar-refractivity contribution in [3.63, 3.8) is 0 Å². The number of nitrogens with one attached hydrogen (secondary N) is 1. The monoisotopic (exact) mass is 583 g/mol. The van der Waals surface area contributed by atoms with Crippen molar-refractivity contribution in [2.45, 2.75) is 66.5 Å². The summed E-state index contributed by atoms with van der Waals surface area (Å²) in [5.41, 5.74) is 3.28. The van der Waals surface area contributed by atoms with Crippen molar-refractivity contribution < 1.29 is 18.0 Å². The maximum absolute atomic E-state index is 13.5. The Bertz CT molecular complexity index is 1230. The summed E-state index contributed by atoms with van der Waals surface area (Å²) in [6, 6.07) is 9.83. The van der Waals surface area contributed by atoms with Crippen molar-refractivity contribution in [3.8, 4) is 0 Å². The fourth-order valence-corrected chi connectivity index (χ4v) is 5.49. The maximum Gasteiger partial charge on any atom is 0.242 e. The molecule has 38 heavy (non-hydrogen) atoms. The van der Waals surface area contributed by atoms with Gasteiger partial charge in [0.05, 0.1) is 11.9 Å². The van der Waals surface area contributed by atoms with Crippen LogP contribution in [-0.4, -0.2) is 50.5 Å². The van der Waals surface area contributed by atoms with Crippen LogP contribution < -0.4 is 9.62 Å². The molecule has 210 valence electrons. The van der Waals surface area contributed by atoms with Gasteiger partial charge >= 0.3 is 0 Å². The molecule has 0 fully saturated rings. The topological polar surface area (TPSA) is 86.8 Å². The lowest BCUT2D eigenvalue weighted by atomic mass is 10.1. The Hall–Kier alpha value is -2.29. The Balaban J connectivity index is 2.26. The van der Waals surface area contributed by atoms with E-state index in [1.165, 1.54) is 9.21 Å². The van der Waals surface area contributed by atoms with Crippen LogP contribution in [0.5, 0.6) is 0 Å². The summed E-state index contributed by atoms with van der Waals surface area (Å²) in [5, 5.41) is 3.81. The number of aryl methyl sites for hydroxylation is 2. The van der Waals surface area contributed by atoms with E-state index in [-0.39, 0.29) is 43.7 Å². The van der Waals surface area contributed by atoms with Crippen LogP contribution in [0.25, 0.3) is 0 Å². The Morgan fingerprint density at radius 1 is 1.03 bits per heavy atom. The van der Waals surface area contributed by atoms with Crippen LogP contribution in [0.4, 0.5) is 5.69 Å². The number of nitrogens with zero attached hydrogens (tertiary/aromatic N) is 2. The molecule has 2 amide bonds. The molecule has 1 atom stereocenters. The molecule has 0 radical (unpaired) electrons. The summed E-state index contributed by atoms with van der Waals surface area (Å²) in [7, 11) is -3.56. The minimum absolute atomic E-state index is 0.0655. The number of rotatable bonds is 13. The number of anilines is 1. The number of hydrogen-bond acceptors (Lipinski definition) is 4. The van der Waals surface area contributed by atoms with E-state index in [1.807, 2.05) is 46.8 Å². The second-order valence-electron chi connectivity index (χ2n) is 10.0. The van der Waals surface area contributed by atoms with Crippen LogP contribution in [0.1, 0.15) is 56.7 Å². The third-order valence-electron chi connectivity index (χ3n) is 6.36. The van der Waals surface area contributed by atoms with E-state index in [9.17, 15) is 18.0 Å². The molecule has 1 N–H and O–H groups in total. The first kappa shape index (κ1) is 31.9. The van der Waals surface area contributed by atoms with Gasteiger partial charge in [-0.2, -0.15) is 0 Å². The van der Waals surface area contributed by atoms with Gasteiger partial charge in [-0.1, -0.05) is 56.1 Å². The molecule has 0 aliphatic heterocycles. The quantitative estimate of drug-likeness (QED) is 0.326. The van der Waals surface area contributed by atoms with E-state index in [1.54, 1.807) is 24.3 Å². The lowest BCUT2D eigenvalue weighted by Gasteiger charge is -2.31. The van der Waals surface area contributed by atoms with Gasteiger partial charge in [-0.3, -0.25) is 13.9 Å². The summed E-state index contributed by atoms with van der Waals surface area (Å²) in [4.78, 5) is 28.1. The highest BCUT2D eigenvalue weighted by Gasteiger charge is 2.29. The maximum atomic E-state index is 13.5. The molecule has 0 bridgehead atoms. The summed E-state index contributed by atoms with van der Waals surface area (Å²) >= 11 is 12.4. The highest BCUT2D eigenvalue weighted by Crippen LogP contribution is 2.25. The third kappa shape index (κ3) is 9.17. The van der Waals surface area contributed by atoms with Gasteiger partial charge in [-0.25, -0.2) is 8.42 Å². The molecule has 2 aromatic carbocycles. The van der Waals surface area contributed by atoms with Crippen molar-refractivity contribution >= 4 is 50.7 Å². The molecular weight excluding hydrogens is 545 g/mol. The molecule has 0 unspecified atom stereocenters. The molecule has 0 aromatic heterocycles. The molecule has 0 spiro atoms. The van der Waals surface area contributed by atoms with Gasteiger partial charge in [0, 0.05) is 36.1 Å². The zero-order valence-electron chi connectivity index (χ0n) is 23.1. The van der Waals surface area contributed by atoms with Crippen molar-refractivity contribution in [2.75, 3.05) is 23.7 Å². The van der Waals surface area contributed by atoms with E-state index in [0.29, 0.717) is 34.3 Å². The predicted molar refractivity (Wildman–Crippen MR) is 156 cm³/mol. The van der Waals surface area contributed by atoms with E-state index in [2.05, 4.69) is 5.32 Å². The second kappa shape index (κ2) is 14.2. The minimum atomic E-state index is -3.56. The third-order valence-corrected chi connectivity index (χ3v) is 8.14. The van der Waals surface area contributed by atoms with Crippen LogP contribution in [-0.2, 0) is 26.2 Å². The second-order valence-corrected chi connectivity index (χ2v) is 12.8. The van der Waals surface area contributed by atoms with Crippen molar-refractivity contribution in [1.82, 2.24) is 10.2 Å². The Morgan fingerprint density at radius 2 is 1.71 bits per heavy atom. The number of benzene rings is 2. The molecule has 2 aromatic rings. The molecule has 0 aliphatic carbocycles. The first-order valence-corrected chi connectivity index (χ1v) is 15.4. The fraction of sp³-hybridized carbons (Fsp3) is 0.500. The average molecular weight is 585 g/mol. The van der Waals surface area contributed by atoms with Crippen LogP contribution in [0.15, 0.2) is 36.4 Å². The van der Waals surface area contributed by atoms with Gasteiger partial charge < -0.3 is 10.2 Å². The fourth-order valence-electron chi connectivity index (χ4n) is 4.06. The van der Waals surface area contributed by atoms with Crippen LogP contribution in [0.2, 0.25) is 10.0 Å². The van der Waals surface area contributed by atoms with Gasteiger partial charge in [0.2, 0.25) is 21.8 Å². The molecule has 0 aliphatic rings. The normalized spacial score (nSPS) is 12.3. The highest BCUT2D eigenvalue weighted by atomic mass is 35.5. The van der Waals surface area contributed by atoms with Gasteiger partial charge in [0.15, 0.2) is 0 Å². The average Bonchev–Trinajstić information content (AvgIpc) is 2.82. The summed E-state index contributed by atoms with van der Waals surface area (Å²) in [5.74, 6) is -0.220. The lowest BCUT2D eigenvalue weighted by molar-refractivity contribution is -0.141. The van der Waals surface area contributed by atoms with E-state index in [4.69, 9.17) is 23.2 Å². The van der Waals surface area contributed by atoms with Gasteiger partial charge in [-0.15, -0.1) is 0 Å². The first-order valence-electron chi connectivity index (χ1n) is 12.8. The molecule has 0 saturated heterocycles. The molecule has 0 heterocycles. The number of halogens is 2. The van der Waals surface area contributed by atoms with Crippen LogP contribution in [0, 0.1) is 19.8 Å². The lowest BCUT2D eigenvalue weighted by Crippen LogP contribution is -2.49. The zero-order valence-corrected chi connectivity index (χ0v) is 25.4. The molecule has 7 nitrogen and oxygen atoms in total. The Morgan fingerprint density at radius 3 is 2.26 bits per heavy atom. The summed E-state index contributed by atoms with van der Waals surface area (Å²) in [6.45, 7) is 10.5. The van der Waals surface area contributed by atoms with Gasteiger partial charge in [0.1, 0.15) is 6.04 Å². The molecule has 10 heteroatoms. The number of carbonyl (C=O) groups excluding carboxylic acids is 2. The molecule has 0 saturated carbocycles. The molecular formula is C28H39Cl2N3O4S. The number of hydrogen-bond donors (Lipinski definition) is 1. The SMILES string of the molecule is CC[C@@H](C(=O)NCC(C)C)N(Cc1ccc(Cl)cc1Cl)C(=O)CCCN(c1ccc(C)c(C)c1)S(C)(=O)=O. The van der Waals surface area contributed by atoms with Crippen LogP contribution >= 0.6 is 23.2 Å². The van der Waals surface area contributed by atoms with E-state index >= 15 is 0 Å². The Labute approximate surface area is 237 Å². The minimum Gasteiger partial charge on any atom is -0.354 e. The highest BCUT2D eigenvalue weighted by molar-refractivity contribution is 7.92. The molecule has 2 rings (SSSR count). The van der Waals surface area contributed by atoms with Gasteiger partial charge in [-0.05, 0) is 73.6 Å². The van der Waals surface area contributed by atoms with E-state index < -0.39 is 16.1 Å². The van der Waals surface area contributed by atoms with E-state index in [0.717, 1.165) is 17.4 Å². The van der Waals surface area contributed by atoms with Crippen molar-refractivity contribution in [3.05, 3.63) is 63.1 Å². The van der Waals surface area contributed by atoms with Crippen LogP contribution in [0.3, 0.4) is 0 Å². The number of carbonyl (C=O) groups is 2. The largest absolute Gasteiger partial charge is 0.354 e. The summed E-state index contributed by atoms with van der Waals surface area (Å²) in [6.07, 6.45) is 1.92. The predicted octanol–water partition coefficient (Wildman–Crippen LogP) is 5.74.